The molecule has 5 nitrogen and oxygen atoms in total. The Morgan fingerprint density at radius 3 is 2.74 bits per heavy atom. The molecule has 0 atom stereocenters. The summed E-state index contributed by atoms with van der Waals surface area (Å²) < 4.78 is 5.38. The van der Waals surface area contributed by atoms with E-state index in [1.54, 1.807) is 0 Å². The second-order valence-corrected chi connectivity index (χ2v) is 4.81. The summed E-state index contributed by atoms with van der Waals surface area (Å²) in [5.41, 5.74) is 1.01. The maximum absolute atomic E-state index is 5.38. The van der Waals surface area contributed by atoms with Crippen LogP contribution in [0.25, 0.3) is 0 Å². The van der Waals surface area contributed by atoms with Gasteiger partial charge in [-0.2, -0.15) is 5.10 Å². The molecule has 0 spiro atoms. The molecule has 19 heavy (non-hydrogen) atoms. The second-order valence-electron chi connectivity index (χ2n) is 4.81. The predicted octanol–water partition coefficient (Wildman–Crippen LogP) is 1.59. The third kappa shape index (κ3) is 4.76. The van der Waals surface area contributed by atoms with Gasteiger partial charge in [-0.25, -0.2) is 0 Å². The fourth-order valence-electron chi connectivity index (χ4n) is 1.91. The van der Waals surface area contributed by atoms with Crippen LogP contribution >= 0.6 is 0 Å². The fraction of sp³-hybridized carbons (Fsp3) is 0.714. The Balaban J connectivity index is 1.83. The summed E-state index contributed by atoms with van der Waals surface area (Å²) >= 11 is 0. The summed E-state index contributed by atoms with van der Waals surface area (Å²) in [7, 11) is 0. The minimum atomic E-state index is 0.708. The Morgan fingerprint density at radius 1 is 1.32 bits per heavy atom. The van der Waals surface area contributed by atoms with Crippen LogP contribution in [-0.2, 0) is 11.3 Å². The quantitative estimate of drug-likeness (QED) is 0.686. The van der Waals surface area contributed by atoms with Crippen LogP contribution in [0.3, 0.4) is 0 Å². The van der Waals surface area contributed by atoms with E-state index in [4.69, 9.17) is 4.74 Å². The molecule has 106 valence electrons. The summed E-state index contributed by atoms with van der Waals surface area (Å²) in [6, 6.07) is 4.81. The first kappa shape index (κ1) is 14.2. The van der Waals surface area contributed by atoms with Crippen molar-refractivity contribution in [3.05, 3.63) is 17.8 Å². The van der Waals surface area contributed by atoms with Crippen LogP contribution in [0.15, 0.2) is 12.1 Å². The van der Waals surface area contributed by atoms with E-state index in [0.29, 0.717) is 6.04 Å². The zero-order chi connectivity index (χ0) is 13.5. The molecule has 0 aliphatic heterocycles. The highest BCUT2D eigenvalue weighted by atomic mass is 16.5. The first-order chi connectivity index (χ1) is 9.33. The zero-order valence-corrected chi connectivity index (χ0v) is 11.9. The molecule has 1 aliphatic rings. The minimum Gasteiger partial charge on any atom is -0.380 e. The van der Waals surface area contributed by atoms with Gasteiger partial charge in [-0.05, 0) is 38.8 Å². The highest BCUT2D eigenvalue weighted by Gasteiger charge is 2.20. The number of hydrogen-bond donors (Lipinski definition) is 1. The van der Waals surface area contributed by atoms with Gasteiger partial charge in [0.2, 0.25) is 0 Å². The van der Waals surface area contributed by atoms with Gasteiger partial charge >= 0.3 is 0 Å². The van der Waals surface area contributed by atoms with Gasteiger partial charge in [0.1, 0.15) is 0 Å². The molecule has 1 aliphatic carbocycles. The molecule has 1 fully saturated rings. The van der Waals surface area contributed by atoms with Crippen LogP contribution in [0, 0.1) is 0 Å². The Kier molecular flexibility index (Phi) is 5.54. The molecule has 2 rings (SSSR count). The van der Waals surface area contributed by atoms with Gasteiger partial charge in [0, 0.05) is 32.3 Å². The van der Waals surface area contributed by atoms with Crippen molar-refractivity contribution in [3.8, 4) is 0 Å². The number of likely N-dealkylation sites (N-methyl/N-ethyl adjacent to an activating group) is 1. The van der Waals surface area contributed by atoms with E-state index in [1.165, 1.54) is 12.8 Å². The number of anilines is 1. The SMILES string of the molecule is CCOCCN(CC)c1ccc(CNC2CC2)nn1. The lowest BCUT2D eigenvalue weighted by atomic mass is 10.3. The lowest BCUT2D eigenvalue weighted by Crippen LogP contribution is -2.28. The standard InChI is InChI=1S/C14H24N4O/c1-3-18(9-10-19-4-2)14-8-7-13(16-17-14)11-15-12-5-6-12/h7-8,12,15H,3-6,9-11H2,1-2H3. The number of nitrogens with one attached hydrogen (secondary N) is 1. The highest BCUT2D eigenvalue weighted by molar-refractivity contribution is 5.36. The number of ether oxygens (including phenoxy) is 1. The molecule has 0 unspecified atom stereocenters. The molecule has 1 aromatic heterocycles. The number of rotatable bonds is 9. The summed E-state index contributed by atoms with van der Waals surface area (Å²) in [6.07, 6.45) is 2.60. The lowest BCUT2D eigenvalue weighted by Gasteiger charge is -2.21. The Labute approximate surface area is 115 Å². The van der Waals surface area contributed by atoms with Crippen molar-refractivity contribution >= 4 is 5.82 Å². The van der Waals surface area contributed by atoms with Crippen molar-refractivity contribution < 1.29 is 4.74 Å². The van der Waals surface area contributed by atoms with E-state index in [2.05, 4.69) is 33.4 Å². The van der Waals surface area contributed by atoms with Gasteiger partial charge in [0.05, 0.1) is 12.3 Å². The van der Waals surface area contributed by atoms with E-state index in [9.17, 15) is 0 Å². The Morgan fingerprint density at radius 2 is 2.16 bits per heavy atom. The number of aromatic nitrogens is 2. The van der Waals surface area contributed by atoms with Crippen LogP contribution < -0.4 is 10.2 Å². The molecule has 5 heteroatoms. The van der Waals surface area contributed by atoms with Crippen molar-refractivity contribution in [2.24, 2.45) is 0 Å². The lowest BCUT2D eigenvalue weighted by molar-refractivity contribution is 0.154. The fourth-order valence-corrected chi connectivity index (χ4v) is 1.91. The van der Waals surface area contributed by atoms with Gasteiger partial charge in [0.15, 0.2) is 5.82 Å². The normalized spacial score (nSPS) is 14.6. The van der Waals surface area contributed by atoms with E-state index in [0.717, 1.165) is 44.4 Å². The molecule has 0 saturated heterocycles. The molecule has 1 N–H and O–H groups in total. The molecular weight excluding hydrogens is 240 g/mol. The molecule has 0 aromatic carbocycles. The summed E-state index contributed by atoms with van der Waals surface area (Å²) in [5.74, 6) is 0.928. The van der Waals surface area contributed by atoms with Crippen LogP contribution in [-0.4, -0.2) is 42.5 Å². The Bertz CT molecular complexity index is 364. The van der Waals surface area contributed by atoms with Gasteiger partial charge in [-0.3, -0.25) is 0 Å². The molecule has 0 radical (unpaired) electrons. The van der Waals surface area contributed by atoms with Crippen molar-refractivity contribution in [2.75, 3.05) is 31.2 Å². The van der Waals surface area contributed by atoms with E-state index in [1.807, 2.05) is 13.0 Å². The van der Waals surface area contributed by atoms with Gasteiger partial charge in [-0.15, -0.1) is 5.10 Å². The van der Waals surface area contributed by atoms with Gasteiger partial charge in [-0.1, -0.05) is 0 Å². The minimum absolute atomic E-state index is 0.708. The van der Waals surface area contributed by atoms with Crippen molar-refractivity contribution in [2.45, 2.75) is 39.3 Å². The molecule has 0 bridgehead atoms. The second kappa shape index (κ2) is 7.40. The summed E-state index contributed by atoms with van der Waals surface area (Å²) in [4.78, 5) is 2.18. The largest absolute Gasteiger partial charge is 0.380 e. The third-order valence-electron chi connectivity index (χ3n) is 3.27. The third-order valence-corrected chi connectivity index (χ3v) is 3.27. The topological polar surface area (TPSA) is 50.3 Å². The molecule has 1 heterocycles. The van der Waals surface area contributed by atoms with E-state index in [-0.39, 0.29) is 0 Å². The van der Waals surface area contributed by atoms with E-state index >= 15 is 0 Å². The first-order valence-electron chi connectivity index (χ1n) is 7.22. The smallest absolute Gasteiger partial charge is 0.151 e. The van der Waals surface area contributed by atoms with Crippen LogP contribution in [0.2, 0.25) is 0 Å². The van der Waals surface area contributed by atoms with E-state index < -0.39 is 0 Å². The average Bonchev–Trinajstić information content (AvgIpc) is 3.26. The van der Waals surface area contributed by atoms with Crippen LogP contribution in [0.4, 0.5) is 5.82 Å². The molecule has 1 aromatic rings. The van der Waals surface area contributed by atoms with Crippen molar-refractivity contribution in [1.29, 1.82) is 0 Å². The van der Waals surface area contributed by atoms with Gasteiger partial charge in [0.25, 0.3) is 0 Å². The van der Waals surface area contributed by atoms with Crippen LogP contribution in [0.5, 0.6) is 0 Å². The average molecular weight is 264 g/mol. The van der Waals surface area contributed by atoms with Crippen molar-refractivity contribution in [1.82, 2.24) is 15.5 Å². The first-order valence-corrected chi connectivity index (χ1v) is 7.22. The highest BCUT2D eigenvalue weighted by Crippen LogP contribution is 2.19. The van der Waals surface area contributed by atoms with Gasteiger partial charge < -0.3 is 15.0 Å². The maximum atomic E-state index is 5.38. The summed E-state index contributed by atoms with van der Waals surface area (Å²) in [5, 5.41) is 12.0. The molecular formula is C14H24N4O. The zero-order valence-electron chi connectivity index (χ0n) is 11.9. The van der Waals surface area contributed by atoms with Crippen molar-refractivity contribution in [3.63, 3.8) is 0 Å². The Hall–Kier alpha value is -1.20. The van der Waals surface area contributed by atoms with Crippen LogP contribution in [0.1, 0.15) is 32.4 Å². The number of nitrogens with zero attached hydrogens (tertiary/aromatic N) is 3. The predicted molar refractivity (Wildman–Crippen MR) is 76.3 cm³/mol. The molecule has 1 saturated carbocycles. The number of hydrogen-bond acceptors (Lipinski definition) is 5. The monoisotopic (exact) mass is 264 g/mol. The summed E-state index contributed by atoms with van der Waals surface area (Å²) in [6.45, 7) is 8.23. The maximum Gasteiger partial charge on any atom is 0.151 e. The molecule has 0 amide bonds.